The maximum absolute atomic E-state index is 11.7. The fraction of sp³-hybridized carbons (Fsp3) is 0.158. The molecule has 0 saturated heterocycles. The molecule has 0 aromatic heterocycles. The van der Waals surface area contributed by atoms with Crippen LogP contribution in [0.3, 0.4) is 0 Å². The Morgan fingerprint density at radius 2 is 1.72 bits per heavy atom. The molecule has 0 atom stereocenters. The lowest BCUT2D eigenvalue weighted by Gasteiger charge is -2.07. The average Bonchev–Trinajstić information content (AvgIpc) is 2.65. The van der Waals surface area contributed by atoms with Gasteiger partial charge in [0.2, 0.25) is 0 Å². The standard InChI is InChI=1S/C19H19NO5/c1-23-16-10-8-14(12-17(16)24-2)9-11-19(22)25-13-18(21)20-15-6-4-3-5-7-15/h3-12H,13H2,1-2H3,(H,20,21). The number of benzene rings is 2. The molecule has 0 spiro atoms. The molecule has 0 unspecified atom stereocenters. The predicted octanol–water partition coefficient (Wildman–Crippen LogP) is 2.90. The van der Waals surface area contributed by atoms with Crippen LogP contribution in [0.4, 0.5) is 5.69 Å². The SMILES string of the molecule is COc1ccc(C=CC(=O)OCC(=O)Nc2ccccc2)cc1OC. The van der Waals surface area contributed by atoms with Crippen LogP contribution in [0, 0.1) is 0 Å². The Morgan fingerprint density at radius 3 is 2.40 bits per heavy atom. The number of anilines is 1. The fourth-order valence-electron chi connectivity index (χ4n) is 2.02. The third kappa shape index (κ3) is 5.69. The molecule has 2 aromatic rings. The molecule has 0 bridgehead atoms. The highest BCUT2D eigenvalue weighted by atomic mass is 16.5. The van der Waals surface area contributed by atoms with Crippen molar-refractivity contribution in [1.82, 2.24) is 0 Å². The zero-order valence-corrected chi connectivity index (χ0v) is 14.0. The summed E-state index contributed by atoms with van der Waals surface area (Å²) in [6.45, 7) is -0.357. The van der Waals surface area contributed by atoms with E-state index in [2.05, 4.69) is 5.32 Å². The van der Waals surface area contributed by atoms with Gasteiger partial charge in [0.1, 0.15) is 0 Å². The number of methoxy groups -OCH3 is 2. The molecular formula is C19H19NO5. The van der Waals surface area contributed by atoms with E-state index < -0.39 is 11.9 Å². The van der Waals surface area contributed by atoms with E-state index in [9.17, 15) is 9.59 Å². The molecule has 6 heteroatoms. The molecule has 1 N–H and O–H groups in total. The van der Waals surface area contributed by atoms with Crippen LogP contribution in [0.15, 0.2) is 54.6 Å². The molecule has 0 fully saturated rings. The van der Waals surface area contributed by atoms with Crippen molar-refractivity contribution in [3.05, 3.63) is 60.2 Å². The van der Waals surface area contributed by atoms with Crippen molar-refractivity contribution < 1.29 is 23.8 Å². The summed E-state index contributed by atoms with van der Waals surface area (Å²) in [5, 5.41) is 2.63. The number of carbonyl (C=O) groups is 2. The Balaban J connectivity index is 1.85. The van der Waals surface area contributed by atoms with Gasteiger partial charge in [0, 0.05) is 11.8 Å². The summed E-state index contributed by atoms with van der Waals surface area (Å²) in [4.78, 5) is 23.4. The monoisotopic (exact) mass is 341 g/mol. The van der Waals surface area contributed by atoms with Gasteiger partial charge in [-0.3, -0.25) is 4.79 Å². The second kappa shape index (κ2) is 9.12. The van der Waals surface area contributed by atoms with Crippen molar-refractivity contribution in [2.24, 2.45) is 0 Å². The summed E-state index contributed by atoms with van der Waals surface area (Å²) in [6, 6.07) is 14.2. The molecule has 0 radical (unpaired) electrons. The predicted molar refractivity (Wildman–Crippen MR) is 94.6 cm³/mol. The number of para-hydroxylation sites is 1. The van der Waals surface area contributed by atoms with Crippen LogP contribution in [-0.2, 0) is 14.3 Å². The number of esters is 1. The van der Waals surface area contributed by atoms with E-state index in [-0.39, 0.29) is 6.61 Å². The third-order valence-corrected chi connectivity index (χ3v) is 3.22. The van der Waals surface area contributed by atoms with Gasteiger partial charge in [-0.25, -0.2) is 4.79 Å². The Bertz CT molecular complexity index is 756. The van der Waals surface area contributed by atoms with Gasteiger partial charge in [-0.05, 0) is 35.9 Å². The average molecular weight is 341 g/mol. The maximum atomic E-state index is 11.7. The topological polar surface area (TPSA) is 73.9 Å². The Labute approximate surface area is 146 Å². The van der Waals surface area contributed by atoms with Crippen molar-refractivity contribution in [2.45, 2.75) is 0 Å². The highest BCUT2D eigenvalue weighted by molar-refractivity contribution is 5.94. The lowest BCUT2D eigenvalue weighted by atomic mass is 10.2. The molecule has 2 rings (SSSR count). The van der Waals surface area contributed by atoms with Gasteiger partial charge in [-0.15, -0.1) is 0 Å². The number of amides is 1. The second-order valence-electron chi connectivity index (χ2n) is 4.97. The number of carbonyl (C=O) groups excluding carboxylic acids is 2. The normalized spacial score (nSPS) is 10.3. The van der Waals surface area contributed by atoms with Crippen molar-refractivity contribution in [3.63, 3.8) is 0 Å². The van der Waals surface area contributed by atoms with E-state index in [4.69, 9.17) is 14.2 Å². The van der Waals surface area contributed by atoms with E-state index >= 15 is 0 Å². The first-order chi connectivity index (χ1) is 12.1. The first kappa shape index (κ1) is 18.1. The minimum Gasteiger partial charge on any atom is -0.493 e. The van der Waals surface area contributed by atoms with Crippen LogP contribution >= 0.6 is 0 Å². The van der Waals surface area contributed by atoms with Crippen LogP contribution in [-0.4, -0.2) is 32.7 Å². The Kier molecular flexibility index (Phi) is 6.59. The molecule has 0 aliphatic heterocycles. The number of hydrogen-bond donors (Lipinski definition) is 1. The van der Waals surface area contributed by atoms with Crippen molar-refractivity contribution in [1.29, 1.82) is 0 Å². The lowest BCUT2D eigenvalue weighted by Crippen LogP contribution is -2.20. The zero-order chi connectivity index (χ0) is 18.1. The van der Waals surface area contributed by atoms with Gasteiger partial charge in [-0.1, -0.05) is 24.3 Å². The molecular weight excluding hydrogens is 322 g/mol. The molecule has 0 aliphatic rings. The van der Waals surface area contributed by atoms with Crippen LogP contribution < -0.4 is 14.8 Å². The summed E-state index contributed by atoms with van der Waals surface area (Å²) in [6.07, 6.45) is 2.82. The molecule has 0 aliphatic carbocycles. The number of rotatable bonds is 7. The maximum Gasteiger partial charge on any atom is 0.331 e. The second-order valence-corrected chi connectivity index (χ2v) is 4.97. The van der Waals surface area contributed by atoms with Crippen LogP contribution in [0.5, 0.6) is 11.5 Å². The van der Waals surface area contributed by atoms with E-state index in [1.165, 1.54) is 13.2 Å². The van der Waals surface area contributed by atoms with Gasteiger partial charge in [0.15, 0.2) is 18.1 Å². The van der Waals surface area contributed by atoms with E-state index in [1.54, 1.807) is 55.7 Å². The van der Waals surface area contributed by atoms with Crippen molar-refractivity contribution in [2.75, 3.05) is 26.1 Å². The quantitative estimate of drug-likeness (QED) is 0.619. The van der Waals surface area contributed by atoms with Crippen LogP contribution in [0.25, 0.3) is 6.08 Å². The van der Waals surface area contributed by atoms with Crippen LogP contribution in [0.2, 0.25) is 0 Å². The minimum absolute atomic E-state index is 0.357. The summed E-state index contributed by atoms with van der Waals surface area (Å²) >= 11 is 0. The highest BCUT2D eigenvalue weighted by Gasteiger charge is 2.06. The van der Waals surface area contributed by atoms with Crippen molar-refractivity contribution >= 4 is 23.6 Å². The van der Waals surface area contributed by atoms with E-state index in [0.29, 0.717) is 17.2 Å². The lowest BCUT2D eigenvalue weighted by molar-refractivity contribution is -0.142. The number of nitrogens with one attached hydrogen (secondary N) is 1. The van der Waals surface area contributed by atoms with Gasteiger partial charge in [-0.2, -0.15) is 0 Å². The molecule has 25 heavy (non-hydrogen) atoms. The Morgan fingerprint density at radius 1 is 1.00 bits per heavy atom. The molecule has 0 saturated carbocycles. The van der Waals surface area contributed by atoms with Gasteiger partial charge in [0.25, 0.3) is 5.91 Å². The van der Waals surface area contributed by atoms with Gasteiger partial charge in [0.05, 0.1) is 14.2 Å². The molecule has 6 nitrogen and oxygen atoms in total. The zero-order valence-electron chi connectivity index (χ0n) is 14.0. The summed E-state index contributed by atoms with van der Waals surface area (Å²) in [7, 11) is 3.08. The summed E-state index contributed by atoms with van der Waals surface area (Å²) in [5.41, 5.74) is 1.38. The first-order valence-corrected chi connectivity index (χ1v) is 7.54. The third-order valence-electron chi connectivity index (χ3n) is 3.22. The molecule has 130 valence electrons. The summed E-state index contributed by atoms with van der Waals surface area (Å²) in [5.74, 6) is 0.136. The van der Waals surface area contributed by atoms with Gasteiger partial charge >= 0.3 is 5.97 Å². The van der Waals surface area contributed by atoms with E-state index in [0.717, 1.165) is 5.56 Å². The van der Waals surface area contributed by atoms with E-state index in [1.807, 2.05) is 6.07 Å². The smallest absolute Gasteiger partial charge is 0.331 e. The summed E-state index contributed by atoms with van der Waals surface area (Å²) < 4.78 is 15.2. The first-order valence-electron chi connectivity index (χ1n) is 7.54. The number of hydrogen-bond acceptors (Lipinski definition) is 5. The molecule has 0 heterocycles. The van der Waals surface area contributed by atoms with Gasteiger partial charge < -0.3 is 19.5 Å². The molecule has 1 amide bonds. The molecule has 2 aromatic carbocycles. The minimum atomic E-state index is -0.613. The van der Waals surface area contributed by atoms with Crippen molar-refractivity contribution in [3.8, 4) is 11.5 Å². The van der Waals surface area contributed by atoms with Crippen LogP contribution in [0.1, 0.15) is 5.56 Å². The largest absolute Gasteiger partial charge is 0.493 e. The fourth-order valence-corrected chi connectivity index (χ4v) is 2.02. The number of ether oxygens (including phenoxy) is 3. The highest BCUT2D eigenvalue weighted by Crippen LogP contribution is 2.27. The Hall–Kier alpha value is -3.28.